The lowest BCUT2D eigenvalue weighted by molar-refractivity contribution is -0.143. The molecule has 0 atom stereocenters. The fourth-order valence-corrected chi connectivity index (χ4v) is 1.95. The lowest BCUT2D eigenvalue weighted by Gasteiger charge is -2.32. The van der Waals surface area contributed by atoms with E-state index in [0.717, 1.165) is 12.8 Å². The number of hydroxylamine groups is 1. The minimum atomic E-state index is -0.0662. The maximum atomic E-state index is 11.7. The molecule has 5 nitrogen and oxygen atoms in total. The average molecular weight is 242 g/mol. The van der Waals surface area contributed by atoms with E-state index >= 15 is 0 Å². The van der Waals surface area contributed by atoms with Crippen LogP contribution in [0.1, 0.15) is 33.6 Å². The van der Waals surface area contributed by atoms with Crippen molar-refractivity contribution < 1.29 is 14.4 Å². The Labute approximate surface area is 102 Å². The zero-order chi connectivity index (χ0) is 12.8. The standard InChI is InChI=1S/C12H22N2O3/c1-4-17-13-11(15)10-5-7-14(8-6-10)12(16)9(2)3/h9-10H,4-8H2,1-3H3,(H,13,15). The summed E-state index contributed by atoms with van der Waals surface area (Å²) in [4.78, 5) is 30.1. The summed E-state index contributed by atoms with van der Waals surface area (Å²) in [7, 11) is 0. The molecule has 0 unspecified atom stereocenters. The van der Waals surface area contributed by atoms with Gasteiger partial charge in [-0.1, -0.05) is 13.8 Å². The van der Waals surface area contributed by atoms with E-state index in [4.69, 9.17) is 4.84 Å². The van der Waals surface area contributed by atoms with Crippen molar-refractivity contribution in [2.75, 3.05) is 19.7 Å². The maximum Gasteiger partial charge on any atom is 0.246 e. The molecule has 0 aliphatic carbocycles. The van der Waals surface area contributed by atoms with Gasteiger partial charge in [-0.3, -0.25) is 14.4 Å². The van der Waals surface area contributed by atoms with Crippen molar-refractivity contribution in [3.63, 3.8) is 0 Å². The van der Waals surface area contributed by atoms with E-state index in [9.17, 15) is 9.59 Å². The number of hydrogen-bond donors (Lipinski definition) is 1. The van der Waals surface area contributed by atoms with Gasteiger partial charge in [-0.05, 0) is 19.8 Å². The molecule has 0 radical (unpaired) electrons. The number of nitrogens with zero attached hydrogens (tertiary/aromatic N) is 1. The number of rotatable bonds is 4. The van der Waals surface area contributed by atoms with Crippen molar-refractivity contribution in [3.8, 4) is 0 Å². The van der Waals surface area contributed by atoms with E-state index in [0.29, 0.717) is 19.7 Å². The Kier molecular flexibility index (Phi) is 5.41. The maximum absolute atomic E-state index is 11.7. The van der Waals surface area contributed by atoms with Gasteiger partial charge in [-0.25, -0.2) is 5.48 Å². The zero-order valence-electron chi connectivity index (χ0n) is 10.9. The van der Waals surface area contributed by atoms with Crippen molar-refractivity contribution >= 4 is 11.8 Å². The number of likely N-dealkylation sites (tertiary alicyclic amines) is 1. The molecule has 1 heterocycles. The number of carbonyl (C=O) groups is 2. The highest BCUT2D eigenvalue weighted by atomic mass is 16.6. The molecule has 2 amide bonds. The minimum absolute atomic E-state index is 0.0298. The van der Waals surface area contributed by atoms with Gasteiger partial charge in [-0.2, -0.15) is 0 Å². The number of carbonyl (C=O) groups excluding carboxylic acids is 2. The van der Waals surface area contributed by atoms with E-state index in [1.807, 2.05) is 25.7 Å². The molecule has 0 bridgehead atoms. The Morgan fingerprint density at radius 1 is 1.35 bits per heavy atom. The SMILES string of the molecule is CCONC(=O)C1CCN(C(=O)C(C)C)CC1. The molecule has 0 spiro atoms. The summed E-state index contributed by atoms with van der Waals surface area (Å²) in [6, 6.07) is 0. The van der Waals surface area contributed by atoms with Crippen LogP contribution in [0.2, 0.25) is 0 Å². The molecule has 1 rings (SSSR count). The van der Waals surface area contributed by atoms with E-state index < -0.39 is 0 Å². The summed E-state index contributed by atoms with van der Waals surface area (Å²) in [5.74, 6) is 0.110. The third-order valence-corrected chi connectivity index (χ3v) is 2.99. The first kappa shape index (κ1) is 14.0. The fourth-order valence-electron chi connectivity index (χ4n) is 1.95. The van der Waals surface area contributed by atoms with Crippen LogP contribution in [-0.2, 0) is 14.4 Å². The van der Waals surface area contributed by atoms with Gasteiger partial charge < -0.3 is 4.90 Å². The highest BCUT2D eigenvalue weighted by Gasteiger charge is 2.28. The Morgan fingerprint density at radius 2 is 1.94 bits per heavy atom. The number of piperidine rings is 1. The number of nitrogens with one attached hydrogen (secondary N) is 1. The average Bonchev–Trinajstić information content (AvgIpc) is 2.35. The molecule has 0 saturated carbocycles. The quantitative estimate of drug-likeness (QED) is 0.747. The highest BCUT2D eigenvalue weighted by Crippen LogP contribution is 2.18. The number of hydrogen-bond acceptors (Lipinski definition) is 3. The summed E-state index contributed by atoms with van der Waals surface area (Å²) in [6.07, 6.45) is 1.44. The summed E-state index contributed by atoms with van der Waals surface area (Å²) in [5, 5.41) is 0. The molecular formula is C12H22N2O3. The third-order valence-electron chi connectivity index (χ3n) is 2.99. The monoisotopic (exact) mass is 242 g/mol. The first-order valence-electron chi connectivity index (χ1n) is 6.26. The first-order valence-corrected chi connectivity index (χ1v) is 6.26. The van der Waals surface area contributed by atoms with Gasteiger partial charge in [0.15, 0.2) is 0 Å². The normalized spacial score (nSPS) is 17.3. The van der Waals surface area contributed by atoms with Gasteiger partial charge in [-0.15, -0.1) is 0 Å². The Bertz CT molecular complexity index is 271. The molecule has 0 aromatic heterocycles. The fraction of sp³-hybridized carbons (Fsp3) is 0.833. The Balaban J connectivity index is 2.35. The molecule has 1 N–H and O–H groups in total. The molecule has 1 fully saturated rings. The van der Waals surface area contributed by atoms with Gasteiger partial charge in [0.05, 0.1) is 6.61 Å². The molecule has 0 aromatic rings. The minimum Gasteiger partial charge on any atom is -0.342 e. The lowest BCUT2D eigenvalue weighted by atomic mass is 9.95. The van der Waals surface area contributed by atoms with Gasteiger partial charge in [0, 0.05) is 24.9 Å². The van der Waals surface area contributed by atoms with Crippen LogP contribution in [-0.4, -0.2) is 36.4 Å². The topological polar surface area (TPSA) is 58.6 Å². The van der Waals surface area contributed by atoms with E-state index in [1.165, 1.54) is 0 Å². The van der Waals surface area contributed by atoms with Gasteiger partial charge >= 0.3 is 0 Å². The van der Waals surface area contributed by atoms with Gasteiger partial charge in [0.1, 0.15) is 0 Å². The van der Waals surface area contributed by atoms with Crippen molar-refractivity contribution in [2.45, 2.75) is 33.6 Å². The highest BCUT2D eigenvalue weighted by molar-refractivity contribution is 5.80. The summed E-state index contributed by atoms with van der Waals surface area (Å²) in [6.45, 7) is 7.43. The molecule has 98 valence electrons. The lowest BCUT2D eigenvalue weighted by Crippen LogP contribution is -2.44. The third kappa shape index (κ3) is 4.00. The second kappa shape index (κ2) is 6.59. The van der Waals surface area contributed by atoms with Crippen LogP contribution in [0.3, 0.4) is 0 Å². The van der Waals surface area contributed by atoms with Crippen LogP contribution >= 0.6 is 0 Å². The molecule has 5 heteroatoms. The molecule has 1 saturated heterocycles. The van der Waals surface area contributed by atoms with Crippen LogP contribution < -0.4 is 5.48 Å². The Hall–Kier alpha value is -1.10. The van der Waals surface area contributed by atoms with Crippen molar-refractivity contribution in [3.05, 3.63) is 0 Å². The van der Waals surface area contributed by atoms with E-state index in [-0.39, 0.29) is 23.7 Å². The van der Waals surface area contributed by atoms with E-state index in [1.54, 1.807) is 0 Å². The van der Waals surface area contributed by atoms with Crippen molar-refractivity contribution in [1.29, 1.82) is 0 Å². The second-order valence-electron chi connectivity index (χ2n) is 4.65. The first-order chi connectivity index (χ1) is 8.06. The van der Waals surface area contributed by atoms with Crippen LogP contribution in [0.5, 0.6) is 0 Å². The molecule has 17 heavy (non-hydrogen) atoms. The van der Waals surface area contributed by atoms with E-state index in [2.05, 4.69) is 5.48 Å². The molecule has 1 aliphatic heterocycles. The largest absolute Gasteiger partial charge is 0.342 e. The van der Waals surface area contributed by atoms with Crippen molar-refractivity contribution in [2.24, 2.45) is 11.8 Å². The van der Waals surface area contributed by atoms with Gasteiger partial charge in [0.25, 0.3) is 0 Å². The summed E-state index contributed by atoms with van der Waals surface area (Å²) < 4.78 is 0. The Morgan fingerprint density at radius 3 is 2.41 bits per heavy atom. The smallest absolute Gasteiger partial charge is 0.246 e. The van der Waals surface area contributed by atoms with Crippen LogP contribution in [0.15, 0.2) is 0 Å². The predicted molar refractivity (Wildman–Crippen MR) is 63.9 cm³/mol. The summed E-state index contributed by atoms with van der Waals surface area (Å²) >= 11 is 0. The van der Waals surface area contributed by atoms with Gasteiger partial charge in [0.2, 0.25) is 11.8 Å². The second-order valence-corrected chi connectivity index (χ2v) is 4.65. The van der Waals surface area contributed by atoms with Crippen molar-refractivity contribution in [1.82, 2.24) is 10.4 Å². The molecule has 0 aromatic carbocycles. The molecule has 1 aliphatic rings. The number of amides is 2. The summed E-state index contributed by atoms with van der Waals surface area (Å²) in [5.41, 5.74) is 2.43. The zero-order valence-corrected chi connectivity index (χ0v) is 10.9. The predicted octanol–water partition coefficient (Wildman–Crippen LogP) is 0.949. The molecular weight excluding hydrogens is 220 g/mol. The van der Waals surface area contributed by atoms with Crippen LogP contribution in [0.4, 0.5) is 0 Å². The van der Waals surface area contributed by atoms with Crippen LogP contribution in [0, 0.1) is 11.8 Å². The van der Waals surface area contributed by atoms with Crippen LogP contribution in [0.25, 0.3) is 0 Å².